The van der Waals surface area contributed by atoms with E-state index in [2.05, 4.69) is 0 Å². The van der Waals surface area contributed by atoms with Crippen LogP contribution in [0.5, 0.6) is 5.75 Å². The molecule has 0 saturated carbocycles. The number of phenolic OH excluding ortho intramolecular Hbond substituents is 1. The van der Waals surface area contributed by atoms with Gasteiger partial charge < -0.3 is 9.52 Å². The Labute approximate surface area is 130 Å². The van der Waals surface area contributed by atoms with E-state index in [1.165, 1.54) is 12.1 Å². The fraction of sp³-hybridized carbons (Fsp3) is 0. The van der Waals surface area contributed by atoms with Crippen LogP contribution in [0.3, 0.4) is 0 Å². The van der Waals surface area contributed by atoms with Crippen LogP contribution in [0.1, 0.15) is 5.76 Å². The van der Waals surface area contributed by atoms with E-state index in [4.69, 9.17) is 4.42 Å². The summed E-state index contributed by atoms with van der Waals surface area (Å²) in [5.74, 6) is 0.242. The first-order valence-corrected chi connectivity index (χ1v) is 7.24. The predicted octanol–water partition coefficient (Wildman–Crippen LogP) is 3.78. The molecule has 1 fully saturated rings. The number of carbonyl (C=O) groups excluding carboxylic acids is 2. The number of aromatic hydroxyl groups is 1. The minimum atomic E-state index is -0.412. The van der Waals surface area contributed by atoms with E-state index in [-0.39, 0.29) is 5.75 Å². The minimum Gasteiger partial charge on any atom is -0.508 e. The van der Waals surface area contributed by atoms with Gasteiger partial charge >= 0.3 is 0 Å². The summed E-state index contributed by atoms with van der Waals surface area (Å²) in [6.45, 7) is 0. The van der Waals surface area contributed by atoms with E-state index in [0.29, 0.717) is 16.4 Å². The molecule has 2 amide bonds. The van der Waals surface area contributed by atoms with Crippen LogP contribution in [0.2, 0.25) is 0 Å². The van der Waals surface area contributed by atoms with Crippen LogP contribution >= 0.6 is 11.8 Å². The summed E-state index contributed by atoms with van der Waals surface area (Å²) < 4.78 is 5.14. The minimum absolute atomic E-state index is 0.00163. The summed E-state index contributed by atoms with van der Waals surface area (Å²) in [4.78, 5) is 25.7. The lowest BCUT2D eigenvalue weighted by molar-refractivity contribution is -0.113. The fourth-order valence-corrected chi connectivity index (χ4v) is 2.75. The lowest BCUT2D eigenvalue weighted by Crippen LogP contribution is -2.27. The van der Waals surface area contributed by atoms with Crippen molar-refractivity contribution in [3.63, 3.8) is 0 Å². The van der Waals surface area contributed by atoms with Crippen LogP contribution in [-0.2, 0) is 4.79 Å². The van der Waals surface area contributed by atoms with Crippen molar-refractivity contribution in [3.8, 4) is 5.75 Å². The number of furan rings is 1. The van der Waals surface area contributed by atoms with E-state index < -0.39 is 11.1 Å². The van der Waals surface area contributed by atoms with E-state index in [0.717, 1.165) is 16.7 Å². The highest BCUT2D eigenvalue weighted by Crippen LogP contribution is 2.35. The van der Waals surface area contributed by atoms with Crippen LogP contribution < -0.4 is 4.90 Å². The third kappa shape index (κ3) is 2.82. The number of allylic oxidation sites excluding steroid dienone is 2. The molecule has 6 heteroatoms. The number of phenols is 1. The summed E-state index contributed by atoms with van der Waals surface area (Å²) in [5.41, 5.74) is 0.348. The Morgan fingerprint density at radius 1 is 1.18 bits per heavy atom. The third-order valence-electron chi connectivity index (χ3n) is 2.93. The van der Waals surface area contributed by atoms with E-state index >= 15 is 0 Å². The Kier molecular flexibility index (Phi) is 3.84. The van der Waals surface area contributed by atoms with E-state index in [1.54, 1.807) is 48.8 Å². The Morgan fingerprint density at radius 3 is 2.77 bits per heavy atom. The van der Waals surface area contributed by atoms with Crippen LogP contribution in [0.15, 0.2) is 64.1 Å². The average Bonchev–Trinajstić information content (AvgIpc) is 3.08. The average molecular weight is 313 g/mol. The third-order valence-corrected chi connectivity index (χ3v) is 3.82. The molecule has 2 aromatic rings. The lowest BCUT2D eigenvalue weighted by Gasteiger charge is -2.12. The zero-order chi connectivity index (χ0) is 15.5. The molecule has 0 bridgehead atoms. The van der Waals surface area contributed by atoms with Gasteiger partial charge in [-0.15, -0.1) is 0 Å². The van der Waals surface area contributed by atoms with Gasteiger partial charge in [0.25, 0.3) is 11.1 Å². The maximum atomic E-state index is 12.3. The van der Waals surface area contributed by atoms with Gasteiger partial charge in [-0.1, -0.05) is 12.1 Å². The second-order valence-corrected chi connectivity index (χ2v) is 5.43. The Hall–Kier alpha value is -2.73. The van der Waals surface area contributed by atoms with Crippen molar-refractivity contribution in [2.24, 2.45) is 0 Å². The van der Waals surface area contributed by atoms with Gasteiger partial charge in [0, 0.05) is 6.07 Å². The molecule has 1 saturated heterocycles. The molecule has 5 nitrogen and oxygen atoms in total. The highest BCUT2D eigenvalue weighted by Gasteiger charge is 2.36. The van der Waals surface area contributed by atoms with Crippen LogP contribution in [-0.4, -0.2) is 16.3 Å². The number of benzene rings is 1. The smallest absolute Gasteiger partial charge is 0.298 e. The summed E-state index contributed by atoms with van der Waals surface area (Å²) in [6.07, 6.45) is 6.46. The SMILES string of the molecule is O=C1S/C(=C\C=C\c2ccco2)C(=O)N1c1cccc(O)c1. The molecule has 0 spiro atoms. The molecule has 0 unspecified atom stereocenters. The summed E-state index contributed by atoms with van der Waals surface area (Å²) in [5, 5.41) is 9.07. The first-order valence-electron chi connectivity index (χ1n) is 6.42. The lowest BCUT2D eigenvalue weighted by atomic mass is 10.2. The van der Waals surface area contributed by atoms with Crippen LogP contribution in [0, 0.1) is 0 Å². The molecule has 1 aliphatic rings. The maximum Gasteiger partial charge on any atom is 0.298 e. The topological polar surface area (TPSA) is 70.8 Å². The number of imide groups is 1. The molecule has 22 heavy (non-hydrogen) atoms. The van der Waals surface area contributed by atoms with Gasteiger partial charge in [-0.3, -0.25) is 9.59 Å². The Balaban J connectivity index is 1.82. The Bertz CT molecular complexity index is 777. The molecule has 1 N–H and O–H groups in total. The van der Waals surface area contributed by atoms with Gasteiger partial charge in [0.05, 0.1) is 16.9 Å². The van der Waals surface area contributed by atoms with Gasteiger partial charge in [0.2, 0.25) is 0 Å². The molecule has 110 valence electrons. The summed E-state index contributed by atoms with van der Waals surface area (Å²) in [6, 6.07) is 9.56. The van der Waals surface area contributed by atoms with Crippen molar-refractivity contribution in [1.29, 1.82) is 0 Å². The zero-order valence-electron chi connectivity index (χ0n) is 11.3. The summed E-state index contributed by atoms with van der Waals surface area (Å²) in [7, 11) is 0. The maximum absolute atomic E-state index is 12.3. The van der Waals surface area contributed by atoms with Crippen molar-refractivity contribution in [3.05, 3.63) is 65.5 Å². The molecule has 0 radical (unpaired) electrons. The number of nitrogens with zero attached hydrogens (tertiary/aromatic N) is 1. The van der Waals surface area contributed by atoms with E-state index in [9.17, 15) is 14.7 Å². The highest BCUT2D eigenvalue weighted by atomic mass is 32.2. The van der Waals surface area contributed by atoms with Gasteiger partial charge in [-0.25, -0.2) is 4.90 Å². The largest absolute Gasteiger partial charge is 0.508 e. The number of amides is 2. The number of hydrogen-bond donors (Lipinski definition) is 1. The van der Waals surface area contributed by atoms with Gasteiger partial charge in [-0.2, -0.15) is 0 Å². The first kappa shape index (κ1) is 14.2. The molecule has 0 aliphatic carbocycles. The van der Waals surface area contributed by atoms with Crippen molar-refractivity contribution in [2.45, 2.75) is 0 Å². The number of anilines is 1. The molecule has 1 aliphatic heterocycles. The number of hydrogen-bond acceptors (Lipinski definition) is 5. The van der Waals surface area contributed by atoms with Gasteiger partial charge in [0.15, 0.2) is 0 Å². The Morgan fingerprint density at radius 2 is 2.05 bits per heavy atom. The van der Waals surface area contributed by atoms with Gasteiger partial charge in [0.1, 0.15) is 11.5 Å². The van der Waals surface area contributed by atoms with Crippen molar-refractivity contribution in [2.75, 3.05) is 4.90 Å². The quantitative estimate of drug-likeness (QED) is 0.873. The molecular weight excluding hydrogens is 302 g/mol. The monoisotopic (exact) mass is 313 g/mol. The zero-order valence-corrected chi connectivity index (χ0v) is 12.1. The molecular formula is C16H11NO4S. The van der Waals surface area contributed by atoms with Gasteiger partial charge in [-0.05, 0) is 48.2 Å². The second kappa shape index (κ2) is 5.95. The van der Waals surface area contributed by atoms with Crippen molar-refractivity contribution >= 4 is 34.7 Å². The molecule has 3 rings (SSSR count). The standard InChI is InChI=1S/C16H11NO4S/c18-12-5-1-4-11(10-12)17-15(19)14(22-16(17)20)8-2-6-13-7-3-9-21-13/h1-10,18H/b6-2+,14-8-. The van der Waals surface area contributed by atoms with E-state index in [1.807, 2.05) is 0 Å². The summed E-state index contributed by atoms with van der Waals surface area (Å²) >= 11 is 0.855. The molecule has 0 atom stereocenters. The number of carbonyl (C=O) groups is 2. The van der Waals surface area contributed by atoms with Crippen LogP contribution in [0.4, 0.5) is 10.5 Å². The highest BCUT2D eigenvalue weighted by molar-refractivity contribution is 8.18. The molecule has 1 aromatic heterocycles. The predicted molar refractivity (Wildman–Crippen MR) is 84.4 cm³/mol. The van der Waals surface area contributed by atoms with Crippen LogP contribution in [0.25, 0.3) is 6.08 Å². The normalized spacial score (nSPS) is 17.1. The fourth-order valence-electron chi connectivity index (χ4n) is 1.95. The second-order valence-electron chi connectivity index (χ2n) is 4.43. The van der Waals surface area contributed by atoms with Crippen molar-refractivity contribution in [1.82, 2.24) is 0 Å². The number of rotatable bonds is 3. The first-order chi connectivity index (χ1) is 10.6. The molecule has 2 heterocycles. The molecule has 1 aromatic carbocycles. The number of thioether (sulfide) groups is 1. The van der Waals surface area contributed by atoms with Crippen molar-refractivity contribution < 1.29 is 19.1 Å².